The van der Waals surface area contributed by atoms with Crippen LogP contribution in [0.1, 0.15) is 0 Å². The van der Waals surface area contributed by atoms with Crippen molar-refractivity contribution in [2.75, 3.05) is 0 Å². The molecule has 4 aromatic carbocycles. The molecule has 0 N–H and O–H groups in total. The van der Waals surface area contributed by atoms with Crippen molar-refractivity contribution in [3.05, 3.63) is 230 Å². The Balaban J connectivity index is -0.000000399. The molecule has 2 saturated carbocycles. The summed E-state index contributed by atoms with van der Waals surface area (Å²) in [6.07, 6.45) is 20.0. The molecule has 0 amide bonds. The molecule has 248 valence electrons. The molecule has 0 bridgehead atoms. The topological polar surface area (TPSA) is 99.5 Å². The SMILES string of the molecule is C(=C/P(c1ccccc1)c1ccccc1)/P(c1ccccc1)c1ccccc1.[C-]#[O+].[C-]#[O+].[C-]#[O+].[C-]#[O+].[C-]#[O+].[CH]1[CH][CH][CH][CH]1.[CH]1[CH][CH][CH][CH]1.[Mo].[Mo]. The molecule has 0 atom stereocenters. The van der Waals surface area contributed by atoms with Gasteiger partial charge in [-0.1, -0.05) is 133 Å². The first-order chi connectivity index (χ1) is 23.9. The second-order valence-corrected chi connectivity index (χ2v) is 12.4. The van der Waals surface area contributed by atoms with Gasteiger partial charge in [-0.25, -0.2) is 0 Å². The summed E-state index contributed by atoms with van der Waals surface area (Å²) in [5.41, 5.74) is 0. The zero-order valence-corrected chi connectivity index (χ0v) is 32.5. The van der Waals surface area contributed by atoms with Gasteiger partial charge in [0.25, 0.3) is 0 Å². The monoisotopic (exact) mass is 862 g/mol. The van der Waals surface area contributed by atoms with E-state index < -0.39 is 15.8 Å². The maximum Gasteiger partial charge on any atom is 0 e. The fourth-order valence-electron chi connectivity index (χ4n) is 3.77. The predicted molar refractivity (Wildman–Crippen MR) is 190 cm³/mol. The van der Waals surface area contributed by atoms with E-state index in [0.29, 0.717) is 0 Å². The second-order valence-electron chi connectivity index (χ2n) is 8.30. The Morgan fingerprint density at radius 2 is 0.420 bits per heavy atom. The van der Waals surface area contributed by atoms with Gasteiger partial charge in [0.15, 0.2) is 0 Å². The van der Waals surface area contributed by atoms with Crippen molar-refractivity contribution in [2.24, 2.45) is 0 Å². The van der Waals surface area contributed by atoms with Crippen molar-refractivity contribution >= 4 is 37.1 Å². The normalized spacial score (nSPS) is 11.4. The van der Waals surface area contributed by atoms with Crippen molar-refractivity contribution < 1.29 is 65.4 Å². The maximum absolute atomic E-state index is 7.50. The Bertz CT molecular complexity index is 1180. The van der Waals surface area contributed by atoms with Gasteiger partial charge >= 0.3 is 56.5 Å². The first kappa shape index (κ1) is 54.3. The summed E-state index contributed by atoms with van der Waals surface area (Å²) in [4.78, 5) is 0. The van der Waals surface area contributed by atoms with Crippen molar-refractivity contribution in [3.63, 3.8) is 0 Å². The standard InChI is InChI=1S/C26H22P2.2C5H5.5CO.2Mo/c1-5-13-23(14-6-1)27(24-15-7-2-8-16-24)21-22-28(25-17-9-3-10-18-25)26-19-11-4-12-20-26;2*1-2-4-5-3-1;5*1-2;;/h1-22H;2*1-5H;;;;;;;/b22-21-;;;;;;;;;. The van der Waals surface area contributed by atoms with E-state index >= 15 is 0 Å². The Kier molecular flexibility index (Phi) is 46.4. The van der Waals surface area contributed by atoms with Crippen LogP contribution in [0.25, 0.3) is 0 Å². The molecule has 0 saturated heterocycles. The third-order valence-corrected chi connectivity index (χ3v) is 10.2. The van der Waals surface area contributed by atoms with Crippen LogP contribution >= 0.6 is 15.8 Å². The molecule has 5 nitrogen and oxygen atoms in total. The Morgan fingerprint density at radius 3 is 0.560 bits per heavy atom. The quantitative estimate of drug-likeness (QED) is 0.0828. The first-order valence-electron chi connectivity index (χ1n) is 13.7. The Morgan fingerprint density at radius 1 is 0.280 bits per heavy atom. The van der Waals surface area contributed by atoms with Crippen LogP contribution in [0.3, 0.4) is 0 Å². The summed E-state index contributed by atoms with van der Waals surface area (Å²) in [6, 6.07) is 43.4. The molecule has 0 unspecified atom stereocenters. The summed E-state index contributed by atoms with van der Waals surface area (Å²) in [6.45, 7) is 22.5. The number of benzene rings is 4. The van der Waals surface area contributed by atoms with E-state index in [9.17, 15) is 0 Å². The van der Waals surface area contributed by atoms with Crippen LogP contribution in [0.2, 0.25) is 0 Å². The van der Waals surface area contributed by atoms with Crippen LogP contribution in [0.5, 0.6) is 0 Å². The molecule has 9 heteroatoms. The van der Waals surface area contributed by atoms with Crippen LogP contribution < -0.4 is 21.2 Å². The van der Waals surface area contributed by atoms with Crippen LogP contribution in [-0.4, -0.2) is 0 Å². The minimum atomic E-state index is -0.528. The average Bonchev–Trinajstić information content (AvgIpc) is 4.00. The van der Waals surface area contributed by atoms with Gasteiger partial charge < -0.3 is 0 Å². The fraction of sp³-hybridized carbons (Fsp3) is 0. The largest absolute Gasteiger partial charge is 0.0312 e. The van der Waals surface area contributed by atoms with E-state index in [1.165, 1.54) is 21.2 Å². The van der Waals surface area contributed by atoms with Gasteiger partial charge in [0.2, 0.25) is 0 Å². The van der Waals surface area contributed by atoms with E-state index in [1.807, 2.05) is 64.2 Å². The number of rotatable bonds is 6. The van der Waals surface area contributed by atoms with Gasteiger partial charge in [-0.05, 0) is 101 Å². The van der Waals surface area contributed by atoms with Crippen LogP contribution in [0.4, 0.5) is 0 Å². The summed E-state index contributed by atoms with van der Waals surface area (Å²) in [7, 11) is -1.06. The van der Waals surface area contributed by atoms with E-state index in [2.05, 4.69) is 166 Å². The van der Waals surface area contributed by atoms with Crippen LogP contribution in [-0.2, 0) is 65.4 Å². The molecule has 0 heterocycles. The molecule has 0 spiro atoms. The Hall–Kier alpha value is -2.44. The maximum atomic E-state index is 7.50. The third kappa shape index (κ3) is 24.7. The van der Waals surface area contributed by atoms with E-state index in [1.54, 1.807) is 0 Å². The van der Waals surface area contributed by atoms with Gasteiger partial charge in [-0.15, -0.1) is 0 Å². The van der Waals surface area contributed by atoms with E-state index in [0.717, 1.165) is 0 Å². The summed E-state index contributed by atoms with van der Waals surface area (Å²) in [5.74, 6) is 4.90. The Labute approximate surface area is 330 Å². The number of hydrogen-bond acceptors (Lipinski definition) is 0. The van der Waals surface area contributed by atoms with Gasteiger partial charge in [-0.3, -0.25) is 0 Å². The van der Waals surface area contributed by atoms with Crippen molar-refractivity contribution in [3.8, 4) is 0 Å². The molecule has 10 radical (unpaired) electrons. The molecule has 0 aromatic heterocycles. The van der Waals surface area contributed by atoms with Gasteiger partial charge in [0.05, 0.1) is 0 Å². The van der Waals surface area contributed by atoms with Crippen LogP contribution in [0.15, 0.2) is 133 Å². The molecular weight excluding hydrogens is 826 g/mol. The van der Waals surface area contributed by atoms with Crippen molar-refractivity contribution in [1.29, 1.82) is 0 Å². The van der Waals surface area contributed by atoms with Crippen molar-refractivity contribution in [1.82, 2.24) is 0 Å². The molecule has 2 aliphatic carbocycles. The molecule has 2 fully saturated rings. The predicted octanol–water partition coefficient (Wildman–Crippen LogP) is 7.57. The zero-order valence-electron chi connectivity index (χ0n) is 26.7. The van der Waals surface area contributed by atoms with Crippen molar-refractivity contribution in [2.45, 2.75) is 0 Å². The first-order valence-corrected chi connectivity index (χ1v) is 16.6. The van der Waals surface area contributed by atoms with Crippen LogP contribution in [0, 0.1) is 97.5 Å². The van der Waals surface area contributed by atoms with E-state index in [4.69, 9.17) is 23.3 Å². The molecule has 0 aliphatic heterocycles. The molecule has 50 heavy (non-hydrogen) atoms. The third-order valence-electron chi connectivity index (χ3n) is 5.61. The summed E-state index contributed by atoms with van der Waals surface area (Å²) in [5, 5.41) is 5.54. The zero-order chi connectivity index (χ0) is 36.1. The average molecular weight is 859 g/mol. The summed E-state index contributed by atoms with van der Waals surface area (Å²) >= 11 is 0. The fourth-order valence-corrected chi connectivity index (χ4v) is 8.10. The molecule has 4 aromatic rings. The molecule has 2 aliphatic rings. The second kappa shape index (κ2) is 42.7. The van der Waals surface area contributed by atoms with Gasteiger partial charge in [0.1, 0.15) is 0 Å². The van der Waals surface area contributed by atoms with Gasteiger partial charge in [0, 0.05) is 42.1 Å². The minimum Gasteiger partial charge on any atom is -0.0312 e. The molecule has 6 rings (SSSR count). The molecular formula is C41H32Mo2O5P2. The number of hydrogen-bond donors (Lipinski definition) is 0. The minimum absolute atomic E-state index is 0. The summed E-state index contributed by atoms with van der Waals surface area (Å²) < 4.78 is 37.5. The van der Waals surface area contributed by atoms with E-state index in [-0.39, 0.29) is 42.1 Å². The van der Waals surface area contributed by atoms with Gasteiger partial charge in [-0.2, -0.15) is 0 Å². The smallest absolute Gasteiger partial charge is 0 e.